The van der Waals surface area contributed by atoms with E-state index in [9.17, 15) is 4.79 Å². The lowest BCUT2D eigenvalue weighted by molar-refractivity contribution is -0.125. The van der Waals surface area contributed by atoms with Crippen molar-refractivity contribution in [2.45, 2.75) is 25.8 Å². The summed E-state index contributed by atoms with van der Waals surface area (Å²) < 4.78 is 5.19. The number of rotatable bonds is 5. The summed E-state index contributed by atoms with van der Waals surface area (Å²) in [6.45, 7) is 4.22. The molecule has 1 heterocycles. The molecule has 1 aromatic heterocycles. The third-order valence-corrected chi connectivity index (χ3v) is 3.55. The number of methoxy groups -OCH3 is 1. The van der Waals surface area contributed by atoms with E-state index in [0.29, 0.717) is 12.4 Å². The maximum absolute atomic E-state index is 12.5. The number of hydrogen-bond acceptors (Lipinski definition) is 3. The molecule has 1 amide bonds. The molecular weight excluding hydrogens is 264 g/mol. The van der Waals surface area contributed by atoms with Gasteiger partial charge in [-0.2, -0.15) is 0 Å². The fraction of sp³-hybridized carbons (Fsp3) is 0.294. The average molecular weight is 284 g/mol. The number of amides is 1. The van der Waals surface area contributed by atoms with Crippen molar-refractivity contribution in [1.29, 1.82) is 0 Å². The molecule has 21 heavy (non-hydrogen) atoms. The molecule has 2 aromatic rings. The highest BCUT2D eigenvalue weighted by molar-refractivity contribution is 5.87. The first-order chi connectivity index (χ1) is 10.1. The molecule has 0 aliphatic carbocycles. The first-order valence-electron chi connectivity index (χ1n) is 6.87. The summed E-state index contributed by atoms with van der Waals surface area (Å²) in [7, 11) is 1.57. The van der Waals surface area contributed by atoms with Crippen LogP contribution < -0.4 is 10.1 Å². The molecule has 0 atom stereocenters. The van der Waals surface area contributed by atoms with E-state index in [1.165, 1.54) is 0 Å². The van der Waals surface area contributed by atoms with Crippen LogP contribution in [0.25, 0.3) is 0 Å². The Morgan fingerprint density at radius 1 is 1.19 bits per heavy atom. The summed E-state index contributed by atoms with van der Waals surface area (Å²) in [6.07, 6.45) is 1.66. The normalized spacial score (nSPS) is 11.0. The molecule has 0 saturated carbocycles. The molecule has 0 fully saturated rings. The third kappa shape index (κ3) is 3.40. The fourth-order valence-corrected chi connectivity index (χ4v) is 2.12. The van der Waals surface area contributed by atoms with Gasteiger partial charge in [0.15, 0.2) is 0 Å². The minimum absolute atomic E-state index is 0.0281. The van der Waals surface area contributed by atoms with Crippen molar-refractivity contribution in [2.75, 3.05) is 7.11 Å². The molecule has 0 saturated heterocycles. The number of aromatic nitrogens is 1. The molecule has 0 bridgehead atoms. The molecule has 0 spiro atoms. The van der Waals surface area contributed by atoms with Gasteiger partial charge in [-0.3, -0.25) is 4.79 Å². The van der Waals surface area contributed by atoms with Gasteiger partial charge in [0.1, 0.15) is 0 Å². The van der Waals surface area contributed by atoms with Gasteiger partial charge < -0.3 is 10.1 Å². The molecule has 4 heteroatoms. The number of benzene rings is 1. The summed E-state index contributed by atoms with van der Waals surface area (Å²) >= 11 is 0. The summed E-state index contributed by atoms with van der Waals surface area (Å²) in [5.74, 6) is 0.509. The van der Waals surface area contributed by atoms with E-state index in [4.69, 9.17) is 4.74 Å². The lowest BCUT2D eigenvalue weighted by Gasteiger charge is -2.24. The van der Waals surface area contributed by atoms with Crippen LogP contribution in [0, 0.1) is 0 Å². The van der Waals surface area contributed by atoms with Crippen molar-refractivity contribution in [3.63, 3.8) is 0 Å². The van der Waals surface area contributed by atoms with Gasteiger partial charge in [0.2, 0.25) is 11.8 Å². The SMILES string of the molecule is COc1ncccc1CNC(=O)C(C)(C)c1ccccc1. The smallest absolute Gasteiger partial charge is 0.230 e. The molecule has 2 rings (SSSR count). The van der Waals surface area contributed by atoms with E-state index in [1.54, 1.807) is 13.3 Å². The van der Waals surface area contributed by atoms with Gasteiger partial charge in [0.25, 0.3) is 0 Å². The predicted molar refractivity (Wildman–Crippen MR) is 82.1 cm³/mol. The molecule has 110 valence electrons. The molecule has 0 unspecified atom stereocenters. The number of pyridine rings is 1. The quantitative estimate of drug-likeness (QED) is 0.918. The van der Waals surface area contributed by atoms with Crippen molar-refractivity contribution in [1.82, 2.24) is 10.3 Å². The molecule has 1 N–H and O–H groups in total. The Morgan fingerprint density at radius 3 is 2.57 bits per heavy atom. The third-order valence-electron chi connectivity index (χ3n) is 3.55. The van der Waals surface area contributed by atoms with E-state index in [-0.39, 0.29) is 5.91 Å². The summed E-state index contributed by atoms with van der Waals surface area (Å²) in [5.41, 5.74) is 1.26. The molecule has 1 aromatic carbocycles. The van der Waals surface area contributed by atoms with E-state index in [0.717, 1.165) is 11.1 Å². The predicted octanol–water partition coefficient (Wildman–Crippen LogP) is 2.68. The second-order valence-electron chi connectivity index (χ2n) is 5.35. The van der Waals surface area contributed by atoms with Crippen LogP contribution in [0.2, 0.25) is 0 Å². The van der Waals surface area contributed by atoms with Crippen LogP contribution in [0.5, 0.6) is 5.88 Å². The Labute approximate surface area is 125 Å². The van der Waals surface area contributed by atoms with Crippen LogP contribution in [0.1, 0.15) is 25.0 Å². The average Bonchev–Trinajstić information content (AvgIpc) is 2.53. The van der Waals surface area contributed by atoms with E-state index >= 15 is 0 Å². The van der Waals surface area contributed by atoms with Gasteiger partial charge in [0, 0.05) is 18.3 Å². The van der Waals surface area contributed by atoms with Gasteiger partial charge in [0.05, 0.1) is 12.5 Å². The van der Waals surface area contributed by atoms with Crippen LogP contribution in [-0.2, 0) is 16.8 Å². The van der Waals surface area contributed by atoms with Crippen molar-refractivity contribution < 1.29 is 9.53 Å². The first kappa shape index (κ1) is 15.0. The topological polar surface area (TPSA) is 51.2 Å². The van der Waals surface area contributed by atoms with E-state index in [1.807, 2.05) is 56.3 Å². The maximum atomic E-state index is 12.5. The number of carbonyl (C=O) groups excluding carboxylic acids is 1. The zero-order chi connectivity index (χ0) is 15.3. The highest BCUT2D eigenvalue weighted by atomic mass is 16.5. The van der Waals surface area contributed by atoms with Crippen LogP contribution in [0.15, 0.2) is 48.7 Å². The van der Waals surface area contributed by atoms with Crippen LogP contribution in [0.3, 0.4) is 0 Å². The summed E-state index contributed by atoms with van der Waals surface area (Å²) in [6, 6.07) is 13.5. The molecule has 0 radical (unpaired) electrons. The van der Waals surface area contributed by atoms with Gasteiger partial charge in [-0.05, 0) is 25.5 Å². The molecule has 0 aliphatic rings. The van der Waals surface area contributed by atoms with Crippen molar-refractivity contribution >= 4 is 5.91 Å². The van der Waals surface area contributed by atoms with Crippen molar-refractivity contribution in [2.24, 2.45) is 0 Å². The van der Waals surface area contributed by atoms with Crippen molar-refractivity contribution in [3.05, 3.63) is 59.8 Å². The Bertz CT molecular complexity index is 609. The van der Waals surface area contributed by atoms with Crippen LogP contribution >= 0.6 is 0 Å². The Morgan fingerprint density at radius 2 is 1.90 bits per heavy atom. The van der Waals surface area contributed by atoms with E-state index < -0.39 is 5.41 Å². The van der Waals surface area contributed by atoms with Crippen molar-refractivity contribution in [3.8, 4) is 5.88 Å². The fourth-order valence-electron chi connectivity index (χ4n) is 2.12. The largest absolute Gasteiger partial charge is 0.481 e. The van der Waals surface area contributed by atoms with Crippen LogP contribution in [0.4, 0.5) is 0 Å². The molecule has 0 aliphatic heterocycles. The zero-order valence-electron chi connectivity index (χ0n) is 12.6. The van der Waals surface area contributed by atoms with Gasteiger partial charge in [-0.25, -0.2) is 4.98 Å². The highest BCUT2D eigenvalue weighted by Crippen LogP contribution is 2.23. The second-order valence-corrected chi connectivity index (χ2v) is 5.35. The first-order valence-corrected chi connectivity index (χ1v) is 6.87. The highest BCUT2D eigenvalue weighted by Gasteiger charge is 2.29. The molecule has 4 nitrogen and oxygen atoms in total. The Kier molecular flexibility index (Phi) is 4.58. The molecular formula is C17H20N2O2. The number of ether oxygens (including phenoxy) is 1. The Hall–Kier alpha value is -2.36. The summed E-state index contributed by atoms with van der Waals surface area (Å²) in [4.78, 5) is 16.6. The Balaban J connectivity index is 2.08. The van der Waals surface area contributed by atoms with E-state index in [2.05, 4.69) is 10.3 Å². The lowest BCUT2D eigenvalue weighted by atomic mass is 9.84. The van der Waals surface area contributed by atoms with Gasteiger partial charge in [-0.15, -0.1) is 0 Å². The summed E-state index contributed by atoms with van der Waals surface area (Å²) in [5, 5.41) is 2.95. The van der Waals surface area contributed by atoms with Crippen LogP contribution in [-0.4, -0.2) is 18.0 Å². The maximum Gasteiger partial charge on any atom is 0.230 e. The minimum Gasteiger partial charge on any atom is -0.481 e. The number of hydrogen-bond donors (Lipinski definition) is 1. The number of nitrogens with zero attached hydrogens (tertiary/aromatic N) is 1. The number of nitrogens with one attached hydrogen (secondary N) is 1. The standard InChI is InChI=1S/C17H20N2O2/c1-17(2,14-9-5-4-6-10-14)16(20)19-12-13-8-7-11-18-15(13)21-3/h4-11H,12H2,1-3H3,(H,19,20). The zero-order valence-corrected chi connectivity index (χ0v) is 12.6. The lowest BCUT2D eigenvalue weighted by Crippen LogP contribution is -2.39. The monoisotopic (exact) mass is 284 g/mol. The number of carbonyl (C=O) groups is 1. The second kappa shape index (κ2) is 6.39. The minimum atomic E-state index is -0.587. The van der Waals surface area contributed by atoms with Gasteiger partial charge >= 0.3 is 0 Å². The van der Waals surface area contributed by atoms with Gasteiger partial charge in [-0.1, -0.05) is 36.4 Å².